The van der Waals surface area contributed by atoms with Gasteiger partial charge in [-0.3, -0.25) is 4.68 Å². The van der Waals surface area contributed by atoms with Gasteiger partial charge in [0.25, 0.3) is 0 Å². The number of aromatic nitrogens is 2. The fraction of sp³-hybridized carbons (Fsp3) is 0.500. The Morgan fingerprint density at radius 1 is 1.14 bits per heavy atom. The zero-order chi connectivity index (χ0) is 15.1. The number of fused-ring (bicyclic) bond motifs is 1. The summed E-state index contributed by atoms with van der Waals surface area (Å²) in [7, 11) is 1.94. The van der Waals surface area contributed by atoms with Gasteiger partial charge in [0.05, 0.1) is 6.20 Å². The summed E-state index contributed by atoms with van der Waals surface area (Å²) in [4.78, 5) is 0. The van der Waals surface area contributed by atoms with E-state index in [2.05, 4.69) is 42.5 Å². The van der Waals surface area contributed by atoms with Gasteiger partial charge in [-0.2, -0.15) is 5.10 Å². The lowest BCUT2D eigenvalue weighted by Crippen LogP contribution is -1.90. The lowest BCUT2D eigenvalue weighted by molar-refractivity contribution is 0.702. The number of hydrogen-bond acceptors (Lipinski definition) is 2. The zero-order valence-corrected chi connectivity index (χ0v) is 13.5. The molecule has 1 aliphatic heterocycles. The van der Waals surface area contributed by atoms with Crippen LogP contribution in [0.2, 0.25) is 0 Å². The summed E-state index contributed by atoms with van der Waals surface area (Å²) in [6.45, 7) is 5.52. The maximum absolute atomic E-state index is 4.19. The van der Waals surface area contributed by atoms with Crippen LogP contribution in [-0.2, 0) is 13.5 Å². The van der Waals surface area contributed by atoms with E-state index in [-0.39, 0.29) is 0 Å². The van der Waals surface area contributed by atoms with Gasteiger partial charge in [-0.05, 0) is 29.7 Å². The smallest absolute Gasteiger partial charge is 0.0568 e. The minimum atomic E-state index is 1.06. The van der Waals surface area contributed by atoms with Crippen LogP contribution in [0.25, 0.3) is 11.1 Å². The first-order valence-electron chi connectivity index (χ1n) is 8.10. The van der Waals surface area contributed by atoms with E-state index in [1.807, 2.05) is 24.1 Å². The fourth-order valence-corrected chi connectivity index (χ4v) is 2.55. The number of rotatable bonds is 4. The maximum Gasteiger partial charge on any atom is 0.0568 e. The van der Waals surface area contributed by atoms with Crippen molar-refractivity contribution in [1.29, 1.82) is 0 Å². The molecule has 3 heteroatoms. The van der Waals surface area contributed by atoms with Crippen molar-refractivity contribution >= 4 is 5.69 Å². The molecule has 1 N–H and O–H groups in total. The number of benzene rings is 1. The number of aryl methyl sites for hydroxylation is 1. The van der Waals surface area contributed by atoms with Crippen LogP contribution in [0.3, 0.4) is 0 Å². The quantitative estimate of drug-likeness (QED) is 0.829. The third-order valence-electron chi connectivity index (χ3n) is 3.81. The summed E-state index contributed by atoms with van der Waals surface area (Å²) in [5.74, 6) is 0. The Bertz CT molecular complexity index is 553. The van der Waals surface area contributed by atoms with Gasteiger partial charge in [0.2, 0.25) is 0 Å². The Morgan fingerprint density at radius 3 is 2.52 bits per heavy atom. The van der Waals surface area contributed by atoms with Crippen molar-refractivity contribution in [2.45, 2.75) is 46.0 Å². The average Bonchev–Trinajstić information content (AvgIpc) is 3.13. The molecule has 0 spiro atoms. The average molecular weight is 285 g/mol. The van der Waals surface area contributed by atoms with Crippen LogP contribution in [0.5, 0.6) is 0 Å². The van der Waals surface area contributed by atoms with E-state index in [1.165, 1.54) is 48.1 Å². The highest BCUT2D eigenvalue weighted by molar-refractivity contribution is 5.68. The van der Waals surface area contributed by atoms with Gasteiger partial charge < -0.3 is 5.32 Å². The molecule has 0 aliphatic carbocycles. The first-order chi connectivity index (χ1) is 10.2. The molecule has 0 saturated carbocycles. The number of unbranched alkanes of at least 4 members (excludes halogenated alkanes) is 3. The highest BCUT2D eigenvalue weighted by Crippen LogP contribution is 2.28. The molecule has 3 nitrogen and oxygen atoms in total. The molecule has 2 aromatic rings. The normalized spacial score (nSPS) is 12.3. The molecule has 114 valence electrons. The van der Waals surface area contributed by atoms with Gasteiger partial charge in [0.15, 0.2) is 0 Å². The van der Waals surface area contributed by atoms with Crippen LogP contribution in [0.1, 0.15) is 45.1 Å². The number of anilines is 1. The second-order valence-corrected chi connectivity index (χ2v) is 5.66. The molecule has 0 saturated heterocycles. The van der Waals surface area contributed by atoms with E-state index < -0.39 is 0 Å². The van der Waals surface area contributed by atoms with Gasteiger partial charge in [0, 0.05) is 31.0 Å². The highest BCUT2D eigenvalue weighted by atomic mass is 15.2. The Labute approximate surface area is 128 Å². The van der Waals surface area contributed by atoms with Crippen molar-refractivity contribution in [3.63, 3.8) is 0 Å². The van der Waals surface area contributed by atoms with Crippen LogP contribution in [0.15, 0.2) is 30.6 Å². The molecule has 0 bridgehead atoms. The maximum atomic E-state index is 4.19. The van der Waals surface area contributed by atoms with Crippen molar-refractivity contribution in [3.8, 4) is 11.1 Å². The summed E-state index contributed by atoms with van der Waals surface area (Å²) in [5, 5.41) is 7.55. The molecule has 1 aliphatic rings. The fourth-order valence-electron chi connectivity index (χ4n) is 2.55. The molecule has 21 heavy (non-hydrogen) atoms. The van der Waals surface area contributed by atoms with Gasteiger partial charge in [-0.25, -0.2) is 0 Å². The number of hydrogen-bond donors (Lipinski definition) is 1. The monoisotopic (exact) mass is 285 g/mol. The van der Waals surface area contributed by atoms with Crippen LogP contribution in [-0.4, -0.2) is 16.3 Å². The second-order valence-electron chi connectivity index (χ2n) is 5.66. The van der Waals surface area contributed by atoms with Crippen LogP contribution >= 0.6 is 0 Å². The molecule has 0 fully saturated rings. The first kappa shape index (κ1) is 15.6. The number of nitrogens with one attached hydrogen (secondary N) is 1. The van der Waals surface area contributed by atoms with Crippen LogP contribution < -0.4 is 5.32 Å². The second kappa shape index (κ2) is 7.87. The largest absolute Gasteiger partial charge is 0.384 e. The van der Waals surface area contributed by atoms with E-state index in [1.54, 1.807) is 0 Å². The predicted molar refractivity (Wildman–Crippen MR) is 90.7 cm³/mol. The lowest BCUT2D eigenvalue weighted by atomic mass is 10.0. The molecule has 2 heterocycles. The summed E-state index contributed by atoms with van der Waals surface area (Å²) in [5.41, 5.74) is 5.14. The van der Waals surface area contributed by atoms with Gasteiger partial charge in [-0.1, -0.05) is 45.6 Å². The minimum Gasteiger partial charge on any atom is -0.384 e. The Morgan fingerprint density at radius 2 is 1.90 bits per heavy atom. The van der Waals surface area contributed by atoms with E-state index in [0.29, 0.717) is 0 Å². The standard InChI is InChI=1S/C12H13N3.C6H14/c1-15-8-11(7-14-15)9-2-3-12-10(6-9)4-5-13-12;1-3-5-6-4-2/h2-3,6-8,13H,4-5H2,1H3;3-6H2,1-2H3. The van der Waals surface area contributed by atoms with Gasteiger partial charge >= 0.3 is 0 Å². The van der Waals surface area contributed by atoms with Crippen molar-refractivity contribution in [2.75, 3.05) is 11.9 Å². The summed E-state index contributed by atoms with van der Waals surface area (Å²) in [6.07, 6.45) is 10.6. The van der Waals surface area contributed by atoms with Crippen molar-refractivity contribution in [1.82, 2.24) is 9.78 Å². The molecule has 1 aromatic heterocycles. The van der Waals surface area contributed by atoms with Crippen molar-refractivity contribution in [3.05, 3.63) is 36.2 Å². The SMILES string of the molecule is CCCCCC.Cn1cc(-c2ccc3c(c2)CCN3)cn1. The molecule has 3 rings (SSSR count). The summed E-state index contributed by atoms with van der Waals surface area (Å²) < 4.78 is 1.83. The van der Waals surface area contributed by atoms with E-state index in [0.717, 1.165) is 13.0 Å². The molecular weight excluding hydrogens is 258 g/mol. The predicted octanol–water partition coefficient (Wildman–Crippen LogP) is 4.64. The van der Waals surface area contributed by atoms with Gasteiger partial charge in [-0.15, -0.1) is 0 Å². The zero-order valence-electron chi connectivity index (χ0n) is 13.5. The highest BCUT2D eigenvalue weighted by Gasteiger charge is 2.10. The third kappa shape index (κ3) is 4.35. The Kier molecular flexibility index (Phi) is 5.85. The Balaban J connectivity index is 0.000000232. The summed E-state index contributed by atoms with van der Waals surface area (Å²) in [6, 6.07) is 6.56. The molecule has 1 aromatic carbocycles. The molecular formula is C18H27N3. The van der Waals surface area contributed by atoms with E-state index >= 15 is 0 Å². The van der Waals surface area contributed by atoms with Gasteiger partial charge in [0.1, 0.15) is 0 Å². The van der Waals surface area contributed by atoms with E-state index in [4.69, 9.17) is 0 Å². The van der Waals surface area contributed by atoms with Crippen molar-refractivity contribution < 1.29 is 0 Å². The van der Waals surface area contributed by atoms with Crippen LogP contribution in [0.4, 0.5) is 5.69 Å². The molecule has 0 unspecified atom stereocenters. The molecule has 0 atom stereocenters. The lowest BCUT2D eigenvalue weighted by Gasteiger charge is -2.02. The summed E-state index contributed by atoms with van der Waals surface area (Å²) >= 11 is 0. The molecule has 0 amide bonds. The topological polar surface area (TPSA) is 29.9 Å². The third-order valence-corrected chi connectivity index (χ3v) is 3.81. The minimum absolute atomic E-state index is 1.06. The van der Waals surface area contributed by atoms with E-state index in [9.17, 15) is 0 Å². The Hall–Kier alpha value is -1.77. The van der Waals surface area contributed by atoms with Crippen LogP contribution in [0, 0.1) is 0 Å². The first-order valence-corrected chi connectivity index (χ1v) is 8.10. The van der Waals surface area contributed by atoms with Crippen molar-refractivity contribution in [2.24, 2.45) is 7.05 Å². The molecule has 0 radical (unpaired) electrons. The number of nitrogens with zero attached hydrogens (tertiary/aromatic N) is 2.